The minimum absolute atomic E-state index is 0.00599. The molecule has 0 aliphatic carbocycles. The molecule has 0 aliphatic heterocycles. The molecule has 3 aromatic rings. The molecule has 6 heteroatoms. The van der Waals surface area contributed by atoms with E-state index in [1.807, 2.05) is 36.4 Å². The van der Waals surface area contributed by atoms with Crippen LogP contribution in [0.25, 0.3) is 10.9 Å². The third kappa shape index (κ3) is 4.20. The van der Waals surface area contributed by atoms with E-state index in [4.69, 9.17) is 17.3 Å². The van der Waals surface area contributed by atoms with Crippen LogP contribution in [-0.2, 0) is 17.8 Å². The van der Waals surface area contributed by atoms with Crippen LogP contribution in [0.1, 0.15) is 21.6 Å². The average Bonchev–Trinajstić information content (AvgIpc) is 3.00. The first kappa shape index (κ1) is 18.7. The summed E-state index contributed by atoms with van der Waals surface area (Å²) in [7, 11) is 0. The lowest BCUT2D eigenvalue weighted by Gasteiger charge is -2.21. The normalized spacial score (nSPS) is 10.7. The summed E-state index contributed by atoms with van der Waals surface area (Å²) in [5.74, 6) is -0.695. The van der Waals surface area contributed by atoms with Crippen molar-refractivity contribution in [3.05, 3.63) is 83.0 Å². The summed E-state index contributed by atoms with van der Waals surface area (Å²) in [6.07, 6.45) is 1.66. The fourth-order valence-corrected chi connectivity index (χ4v) is 3.21. The van der Waals surface area contributed by atoms with Crippen LogP contribution in [0.3, 0.4) is 0 Å². The Morgan fingerprint density at radius 2 is 1.85 bits per heavy atom. The van der Waals surface area contributed by atoms with Crippen molar-refractivity contribution < 1.29 is 9.59 Å². The maximum absolute atomic E-state index is 13.2. The minimum Gasteiger partial charge on any atom is -0.369 e. The molecule has 27 heavy (non-hydrogen) atoms. The molecular weight excluding hydrogens is 362 g/mol. The van der Waals surface area contributed by atoms with Crippen LogP contribution in [-0.4, -0.2) is 28.2 Å². The number of nitrogens with zero attached hydrogens (tertiary/aromatic N) is 1. The maximum Gasteiger partial charge on any atom is 0.271 e. The number of aromatic nitrogens is 1. The fraction of sp³-hybridized carbons (Fsp3) is 0.143. The van der Waals surface area contributed by atoms with Gasteiger partial charge in [0, 0.05) is 29.0 Å². The third-order valence-corrected chi connectivity index (χ3v) is 4.55. The van der Waals surface area contributed by atoms with Gasteiger partial charge in [0.15, 0.2) is 0 Å². The van der Waals surface area contributed by atoms with Crippen molar-refractivity contribution in [1.29, 1.82) is 0 Å². The zero-order valence-electron chi connectivity index (χ0n) is 14.7. The molecule has 2 amide bonds. The predicted molar refractivity (Wildman–Crippen MR) is 108 cm³/mol. The average molecular weight is 382 g/mol. The van der Waals surface area contributed by atoms with E-state index in [2.05, 4.69) is 11.6 Å². The zero-order valence-corrected chi connectivity index (χ0v) is 15.5. The molecule has 3 rings (SSSR count). The van der Waals surface area contributed by atoms with Gasteiger partial charge in [-0.05, 0) is 29.3 Å². The number of nitrogens with one attached hydrogen (secondary N) is 1. The monoisotopic (exact) mass is 381 g/mol. The first-order valence-corrected chi connectivity index (χ1v) is 8.90. The van der Waals surface area contributed by atoms with Gasteiger partial charge < -0.3 is 15.6 Å². The minimum atomic E-state index is -0.484. The number of amides is 2. The number of hydrogen-bond donors (Lipinski definition) is 2. The van der Waals surface area contributed by atoms with Gasteiger partial charge in [0.2, 0.25) is 5.91 Å². The highest BCUT2D eigenvalue weighted by Gasteiger charge is 2.23. The molecule has 1 heterocycles. The van der Waals surface area contributed by atoms with E-state index in [-0.39, 0.29) is 12.3 Å². The molecule has 0 unspecified atom stereocenters. The summed E-state index contributed by atoms with van der Waals surface area (Å²) in [6.45, 7) is 4.51. The number of nitrogens with two attached hydrogens (primary N) is 1. The van der Waals surface area contributed by atoms with Crippen molar-refractivity contribution in [3.8, 4) is 0 Å². The Labute approximate surface area is 162 Å². The molecule has 0 atom stereocenters. The Morgan fingerprint density at radius 1 is 1.15 bits per heavy atom. The molecule has 3 N–H and O–H groups in total. The smallest absolute Gasteiger partial charge is 0.271 e. The molecular formula is C21H20ClN3O2. The second kappa shape index (κ2) is 8.10. The van der Waals surface area contributed by atoms with Gasteiger partial charge in [0.25, 0.3) is 5.91 Å². The number of halogens is 1. The summed E-state index contributed by atoms with van der Waals surface area (Å²) in [6, 6.07) is 14.8. The highest BCUT2D eigenvalue weighted by molar-refractivity contribution is 6.30. The molecule has 0 bridgehead atoms. The fourth-order valence-electron chi connectivity index (χ4n) is 3.08. The maximum atomic E-state index is 13.2. The van der Waals surface area contributed by atoms with E-state index in [0.29, 0.717) is 29.4 Å². The Kier molecular flexibility index (Phi) is 5.62. The van der Waals surface area contributed by atoms with Crippen LogP contribution in [0, 0.1) is 0 Å². The second-order valence-corrected chi connectivity index (χ2v) is 6.70. The summed E-state index contributed by atoms with van der Waals surface area (Å²) in [4.78, 5) is 29.6. The zero-order chi connectivity index (χ0) is 19.4. The molecule has 2 aromatic carbocycles. The topological polar surface area (TPSA) is 79.2 Å². The number of primary amides is 1. The van der Waals surface area contributed by atoms with E-state index < -0.39 is 5.91 Å². The van der Waals surface area contributed by atoms with Crippen molar-refractivity contribution >= 4 is 34.3 Å². The van der Waals surface area contributed by atoms with E-state index in [1.54, 1.807) is 23.1 Å². The molecule has 0 saturated carbocycles. The van der Waals surface area contributed by atoms with Crippen LogP contribution in [0.4, 0.5) is 0 Å². The predicted octanol–water partition coefficient (Wildman–Crippen LogP) is 3.68. The summed E-state index contributed by atoms with van der Waals surface area (Å²) in [5, 5.41) is 1.46. The van der Waals surface area contributed by atoms with Crippen molar-refractivity contribution in [2.24, 2.45) is 5.73 Å². The van der Waals surface area contributed by atoms with Crippen molar-refractivity contribution in [3.63, 3.8) is 0 Å². The summed E-state index contributed by atoms with van der Waals surface area (Å²) >= 11 is 5.94. The van der Waals surface area contributed by atoms with E-state index in [0.717, 1.165) is 16.5 Å². The van der Waals surface area contributed by atoms with Gasteiger partial charge in [-0.1, -0.05) is 48.0 Å². The molecule has 0 spiro atoms. The number of benzene rings is 2. The van der Waals surface area contributed by atoms with Crippen molar-refractivity contribution in [2.75, 3.05) is 6.54 Å². The van der Waals surface area contributed by atoms with E-state index >= 15 is 0 Å². The largest absolute Gasteiger partial charge is 0.369 e. The molecule has 0 saturated heterocycles. The Bertz CT molecular complexity index is 992. The van der Waals surface area contributed by atoms with Crippen molar-refractivity contribution in [2.45, 2.75) is 13.0 Å². The van der Waals surface area contributed by atoms with Gasteiger partial charge in [-0.2, -0.15) is 0 Å². The van der Waals surface area contributed by atoms with Gasteiger partial charge in [-0.25, -0.2) is 0 Å². The highest BCUT2D eigenvalue weighted by Crippen LogP contribution is 2.25. The molecule has 1 aromatic heterocycles. The number of para-hydroxylation sites is 1. The van der Waals surface area contributed by atoms with Gasteiger partial charge in [-0.15, -0.1) is 6.58 Å². The van der Waals surface area contributed by atoms with Crippen LogP contribution >= 0.6 is 11.6 Å². The van der Waals surface area contributed by atoms with Gasteiger partial charge in [0.05, 0.1) is 6.42 Å². The van der Waals surface area contributed by atoms with E-state index in [1.165, 1.54) is 0 Å². The Morgan fingerprint density at radius 3 is 2.52 bits per heavy atom. The van der Waals surface area contributed by atoms with Crippen LogP contribution < -0.4 is 5.73 Å². The first-order valence-electron chi connectivity index (χ1n) is 8.52. The number of carbonyl (C=O) groups is 2. The van der Waals surface area contributed by atoms with Crippen molar-refractivity contribution in [1.82, 2.24) is 9.88 Å². The number of H-pyrrole nitrogens is 1. The second-order valence-electron chi connectivity index (χ2n) is 6.27. The van der Waals surface area contributed by atoms with Gasteiger partial charge in [0.1, 0.15) is 5.69 Å². The first-order chi connectivity index (χ1) is 13.0. The number of rotatable bonds is 7. The summed E-state index contributed by atoms with van der Waals surface area (Å²) in [5.41, 5.74) is 8.15. The molecule has 0 radical (unpaired) electrons. The van der Waals surface area contributed by atoms with Gasteiger partial charge >= 0.3 is 0 Å². The molecule has 0 aliphatic rings. The summed E-state index contributed by atoms with van der Waals surface area (Å²) < 4.78 is 0. The number of hydrogen-bond acceptors (Lipinski definition) is 2. The van der Waals surface area contributed by atoms with Crippen LogP contribution in [0.2, 0.25) is 5.02 Å². The number of aromatic amines is 1. The Balaban J connectivity index is 1.99. The highest BCUT2D eigenvalue weighted by atomic mass is 35.5. The lowest BCUT2D eigenvalue weighted by molar-refractivity contribution is -0.117. The lowest BCUT2D eigenvalue weighted by atomic mass is 10.1. The standard InChI is InChI=1S/C21H20ClN3O2/c1-2-11-25(13-14-7-9-15(22)10-8-14)21(27)20-17(12-19(23)26)16-5-3-4-6-18(16)24-20/h2-10,24H,1,11-13H2,(H2,23,26). The van der Waals surface area contributed by atoms with Crippen LogP contribution in [0.5, 0.6) is 0 Å². The van der Waals surface area contributed by atoms with E-state index in [9.17, 15) is 9.59 Å². The number of carbonyl (C=O) groups excluding carboxylic acids is 2. The number of fused-ring (bicyclic) bond motifs is 1. The SMILES string of the molecule is C=CCN(Cc1ccc(Cl)cc1)C(=O)c1[nH]c2ccccc2c1CC(N)=O. The molecule has 138 valence electrons. The lowest BCUT2D eigenvalue weighted by Crippen LogP contribution is -2.32. The Hall–Kier alpha value is -3.05. The quantitative estimate of drug-likeness (QED) is 0.612. The van der Waals surface area contributed by atoms with Crippen LogP contribution in [0.15, 0.2) is 61.2 Å². The molecule has 0 fully saturated rings. The van der Waals surface area contributed by atoms with Gasteiger partial charge in [-0.3, -0.25) is 9.59 Å². The third-order valence-electron chi connectivity index (χ3n) is 4.30. The molecule has 5 nitrogen and oxygen atoms in total.